The van der Waals surface area contributed by atoms with E-state index in [4.69, 9.17) is 14.2 Å². The van der Waals surface area contributed by atoms with Crippen molar-refractivity contribution in [3.8, 4) is 5.75 Å². The summed E-state index contributed by atoms with van der Waals surface area (Å²) < 4.78 is 15.7. The molecule has 0 N–H and O–H groups in total. The summed E-state index contributed by atoms with van der Waals surface area (Å²) in [7, 11) is 4.35. The molecule has 1 aliphatic heterocycles. The maximum absolute atomic E-state index is 12.9. The average molecular weight is 466 g/mol. The van der Waals surface area contributed by atoms with E-state index in [9.17, 15) is 9.59 Å². The van der Waals surface area contributed by atoms with E-state index in [1.165, 1.54) is 52.7 Å². The van der Waals surface area contributed by atoms with E-state index >= 15 is 0 Å². The lowest BCUT2D eigenvalue weighted by Crippen LogP contribution is -2.47. The molecule has 1 heterocycles. The van der Waals surface area contributed by atoms with Crippen LogP contribution in [0.15, 0.2) is 47.8 Å². The molecule has 34 heavy (non-hydrogen) atoms. The Kier molecular flexibility index (Phi) is 6.17. The molecule has 4 aliphatic carbocycles. The number of rotatable bonds is 7. The van der Waals surface area contributed by atoms with Crippen LogP contribution in [-0.2, 0) is 19.1 Å². The molecule has 0 spiro atoms. The second kappa shape index (κ2) is 9.12. The first kappa shape index (κ1) is 23.0. The Hall–Kier alpha value is -2.76. The van der Waals surface area contributed by atoms with Gasteiger partial charge in [-0.15, -0.1) is 0 Å². The third kappa shape index (κ3) is 4.23. The zero-order valence-electron chi connectivity index (χ0n) is 20.4. The summed E-state index contributed by atoms with van der Waals surface area (Å²) in [6.45, 7) is 0.776. The fourth-order valence-electron chi connectivity index (χ4n) is 7.56. The molecule has 0 saturated heterocycles. The molecule has 0 atom stereocenters. The molecule has 5 aliphatic rings. The quantitative estimate of drug-likeness (QED) is 0.538. The molecule has 4 saturated carbocycles. The van der Waals surface area contributed by atoms with E-state index in [0.717, 1.165) is 36.3 Å². The van der Waals surface area contributed by atoms with Crippen molar-refractivity contribution in [3.05, 3.63) is 53.4 Å². The van der Waals surface area contributed by atoms with Crippen LogP contribution in [0.4, 0.5) is 0 Å². The first-order valence-corrected chi connectivity index (χ1v) is 12.4. The van der Waals surface area contributed by atoms with E-state index in [1.807, 2.05) is 41.6 Å². The summed E-state index contributed by atoms with van der Waals surface area (Å²) in [4.78, 5) is 27.8. The van der Waals surface area contributed by atoms with Crippen molar-refractivity contribution in [2.24, 2.45) is 23.2 Å². The van der Waals surface area contributed by atoms with Crippen molar-refractivity contribution in [3.63, 3.8) is 0 Å². The Morgan fingerprint density at radius 3 is 1.97 bits per heavy atom. The number of hydrogen-bond donors (Lipinski definition) is 0. The molecule has 0 aromatic heterocycles. The zero-order valence-corrected chi connectivity index (χ0v) is 20.4. The summed E-state index contributed by atoms with van der Waals surface area (Å²) in [5, 5.41) is 0. The first-order chi connectivity index (χ1) is 16.4. The van der Waals surface area contributed by atoms with Gasteiger partial charge in [-0.1, -0.05) is 12.1 Å². The van der Waals surface area contributed by atoms with Gasteiger partial charge in [0.1, 0.15) is 5.75 Å². The Labute approximate surface area is 201 Å². The minimum absolute atomic E-state index is 0.414. The van der Waals surface area contributed by atoms with E-state index in [1.54, 1.807) is 7.11 Å². The van der Waals surface area contributed by atoms with Gasteiger partial charge >= 0.3 is 11.9 Å². The number of nitrogens with zero attached hydrogens (tertiary/aromatic N) is 1. The summed E-state index contributed by atoms with van der Waals surface area (Å²) in [6.07, 6.45) is 13.1. The highest BCUT2D eigenvalue weighted by atomic mass is 16.5. The zero-order chi connectivity index (χ0) is 23.9. The molecule has 6 rings (SSSR count). The van der Waals surface area contributed by atoms with Crippen LogP contribution >= 0.6 is 0 Å². The Morgan fingerprint density at radius 2 is 1.47 bits per heavy atom. The van der Waals surface area contributed by atoms with E-state index in [0.29, 0.717) is 22.3 Å². The van der Waals surface area contributed by atoms with Gasteiger partial charge in [-0.3, -0.25) is 0 Å². The van der Waals surface area contributed by atoms with Crippen LogP contribution in [0.2, 0.25) is 0 Å². The number of carbonyl (C=O) groups is 2. The second-order valence-corrected chi connectivity index (χ2v) is 10.8. The molecule has 1 aromatic carbocycles. The standard InChI is InChI=1S/C28H35NO5/c1-32-22-6-4-5-21(12-22)25-23(26(30)33-2)16-29(17-24(25)27(31)34-3)8-7-28-13-18-9-19(14-28)11-20(10-18)15-28/h4-6,12,16-20,25H,7-11,13-15H2,1-3H3. The van der Waals surface area contributed by atoms with Gasteiger partial charge in [0.15, 0.2) is 0 Å². The fourth-order valence-corrected chi connectivity index (χ4v) is 7.56. The summed E-state index contributed by atoms with van der Waals surface area (Å²) in [5.74, 6) is 1.89. The number of ether oxygens (including phenoxy) is 3. The van der Waals surface area contributed by atoms with Crippen molar-refractivity contribution in [2.45, 2.75) is 50.9 Å². The Bertz CT molecular complexity index is 956. The Morgan fingerprint density at radius 1 is 0.912 bits per heavy atom. The van der Waals surface area contributed by atoms with Crippen LogP contribution in [0.1, 0.15) is 56.4 Å². The Balaban J connectivity index is 1.44. The molecule has 0 amide bonds. The predicted octanol–water partition coefficient (Wildman–Crippen LogP) is 4.81. The van der Waals surface area contributed by atoms with Gasteiger partial charge in [0.25, 0.3) is 0 Å². The van der Waals surface area contributed by atoms with Crippen LogP contribution in [0.3, 0.4) is 0 Å². The van der Waals surface area contributed by atoms with Gasteiger partial charge in [-0.2, -0.15) is 0 Å². The average Bonchev–Trinajstić information content (AvgIpc) is 2.85. The molecule has 6 nitrogen and oxygen atoms in total. The SMILES string of the molecule is COC(=O)C1=CN(CCC23CC4CC(CC(C4)C2)C3)C=C(C(=O)OC)C1c1cccc(OC)c1. The molecule has 6 heteroatoms. The number of methoxy groups -OCH3 is 3. The molecule has 4 bridgehead atoms. The maximum Gasteiger partial charge on any atom is 0.336 e. The second-order valence-electron chi connectivity index (χ2n) is 10.8. The monoisotopic (exact) mass is 465 g/mol. The smallest absolute Gasteiger partial charge is 0.336 e. The summed E-state index contributed by atoms with van der Waals surface area (Å²) in [5.41, 5.74) is 2.07. The summed E-state index contributed by atoms with van der Waals surface area (Å²) >= 11 is 0. The molecule has 4 fully saturated rings. The van der Waals surface area contributed by atoms with Crippen LogP contribution in [0, 0.1) is 23.2 Å². The van der Waals surface area contributed by atoms with Gasteiger partial charge in [0, 0.05) is 18.9 Å². The number of hydrogen-bond acceptors (Lipinski definition) is 6. The molecular formula is C28H35NO5. The largest absolute Gasteiger partial charge is 0.497 e. The van der Waals surface area contributed by atoms with Crippen molar-refractivity contribution in [1.82, 2.24) is 4.90 Å². The highest BCUT2D eigenvalue weighted by molar-refractivity contribution is 5.98. The van der Waals surface area contributed by atoms with Crippen molar-refractivity contribution in [2.75, 3.05) is 27.9 Å². The van der Waals surface area contributed by atoms with E-state index < -0.39 is 17.9 Å². The minimum Gasteiger partial charge on any atom is -0.497 e. The van der Waals surface area contributed by atoms with Gasteiger partial charge in [0.2, 0.25) is 0 Å². The number of esters is 2. The van der Waals surface area contributed by atoms with Gasteiger partial charge in [0.05, 0.1) is 38.4 Å². The lowest BCUT2D eigenvalue weighted by Gasteiger charge is -2.57. The highest BCUT2D eigenvalue weighted by Crippen LogP contribution is 2.61. The van der Waals surface area contributed by atoms with Crippen LogP contribution < -0.4 is 4.74 Å². The topological polar surface area (TPSA) is 65.1 Å². The van der Waals surface area contributed by atoms with Gasteiger partial charge in [-0.05, 0) is 85.8 Å². The third-order valence-corrected chi connectivity index (χ3v) is 8.57. The van der Waals surface area contributed by atoms with Crippen molar-refractivity contribution < 1.29 is 23.8 Å². The molecular weight excluding hydrogens is 430 g/mol. The van der Waals surface area contributed by atoms with Crippen LogP contribution in [0.5, 0.6) is 5.75 Å². The maximum atomic E-state index is 12.9. The predicted molar refractivity (Wildman–Crippen MR) is 128 cm³/mol. The fraction of sp³-hybridized carbons (Fsp3) is 0.571. The lowest BCUT2D eigenvalue weighted by atomic mass is 9.49. The van der Waals surface area contributed by atoms with Gasteiger partial charge < -0.3 is 19.1 Å². The normalized spacial score (nSPS) is 30.0. The summed E-state index contributed by atoms with van der Waals surface area (Å²) in [6, 6.07) is 7.44. The molecule has 0 unspecified atom stereocenters. The number of benzene rings is 1. The minimum atomic E-state index is -0.578. The third-order valence-electron chi connectivity index (χ3n) is 8.57. The lowest BCUT2D eigenvalue weighted by molar-refractivity contribution is -0.137. The van der Waals surface area contributed by atoms with Crippen LogP contribution in [-0.4, -0.2) is 44.7 Å². The number of carbonyl (C=O) groups excluding carboxylic acids is 2. The van der Waals surface area contributed by atoms with E-state index in [-0.39, 0.29) is 0 Å². The first-order valence-electron chi connectivity index (χ1n) is 12.4. The van der Waals surface area contributed by atoms with Gasteiger partial charge in [-0.25, -0.2) is 9.59 Å². The van der Waals surface area contributed by atoms with Crippen molar-refractivity contribution >= 4 is 11.9 Å². The van der Waals surface area contributed by atoms with Crippen molar-refractivity contribution in [1.29, 1.82) is 0 Å². The molecule has 1 aromatic rings. The highest BCUT2D eigenvalue weighted by Gasteiger charge is 2.50. The molecule has 0 radical (unpaired) electrons. The van der Waals surface area contributed by atoms with Crippen LogP contribution in [0.25, 0.3) is 0 Å². The van der Waals surface area contributed by atoms with E-state index in [2.05, 4.69) is 0 Å². The molecule has 182 valence electrons.